The molecule has 1 saturated carbocycles. The molecule has 2 rings (SSSR count). The monoisotopic (exact) mass is 180 g/mol. The highest BCUT2D eigenvalue weighted by molar-refractivity contribution is 5.79. The van der Waals surface area contributed by atoms with Gasteiger partial charge in [0.2, 0.25) is 5.91 Å². The molecule has 0 aliphatic heterocycles. The van der Waals surface area contributed by atoms with E-state index in [1.165, 1.54) is 6.42 Å². The lowest BCUT2D eigenvalue weighted by Crippen LogP contribution is -2.33. The molecule has 0 saturated heterocycles. The van der Waals surface area contributed by atoms with Crippen LogP contribution in [0, 0.1) is 5.92 Å². The van der Waals surface area contributed by atoms with Crippen molar-refractivity contribution in [2.45, 2.75) is 25.8 Å². The van der Waals surface area contributed by atoms with Gasteiger partial charge in [-0.3, -0.25) is 4.79 Å². The lowest BCUT2D eigenvalue weighted by atomic mass is 9.85. The molecule has 0 atom stereocenters. The van der Waals surface area contributed by atoms with Crippen molar-refractivity contribution in [1.82, 2.24) is 10.5 Å². The SMILES string of the molecule is O=C(NCc1ccno1)C1CCC1. The fraction of sp³-hybridized carbons (Fsp3) is 0.556. The maximum Gasteiger partial charge on any atom is 0.223 e. The number of amides is 1. The van der Waals surface area contributed by atoms with Crippen LogP contribution in [0.25, 0.3) is 0 Å². The van der Waals surface area contributed by atoms with Gasteiger partial charge in [0.15, 0.2) is 5.76 Å². The van der Waals surface area contributed by atoms with Crippen molar-refractivity contribution in [2.24, 2.45) is 5.92 Å². The Morgan fingerprint density at radius 2 is 2.54 bits per heavy atom. The summed E-state index contributed by atoms with van der Waals surface area (Å²) in [6, 6.07) is 1.75. The van der Waals surface area contributed by atoms with Gasteiger partial charge in [-0.2, -0.15) is 0 Å². The first-order chi connectivity index (χ1) is 6.36. The van der Waals surface area contributed by atoms with Crippen LogP contribution >= 0.6 is 0 Å². The van der Waals surface area contributed by atoms with Crippen LogP contribution in [0.1, 0.15) is 25.0 Å². The van der Waals surface area contributed by atoms with Gasteiger partial charge in [0.25, 0.3) is 0 Å². The molecule has 0 unspecified atom stereocenters. The van der Waals surface area contributed by atoms with Crippen molar-refractivity contribution in [3.8, 4) is 0 Å². The minimum absolute atomic E-state index is 0.141. The molecule has 1 aliphatic rings. The highest BCUT2D eigenvalue weighted by Gasteiger charge is 2.24. The first-order valence-corrected chi connectivity index (χ1v) is 4.53. The number of nitrogens with one attached hydrogen (secondary N) is 1. The van der Waals surface area contributed by atoms with Crippen LogP contribution in [-0.4, -0.2) is 11.1 Å². The van der Waals surface area contributed by atoms with Gasteiger partial charge in [-0.05, 0) is 12.8 Å². The van der Waals surface area contributed by atoms with Gasteiger partial charge in [0.05, 0.1) is 12.7 Å². The molecule has 4 heteroatoms. The molecule has 0 spiro atoms. The molecule has 1 fully saturated rings. The topological polar surface area (TPSA) is 55.1 Å². The van der Waals surface area contributed by atoms with E-state index in [0.717, 1.165) is 12.8 Å². The van der Waals surface area contributed by atoms with E-state index in [-0.39, 0.29) is 11.8 Å². The van der Waals surface area contributed by atoms with Gasteiger partial charge in [0.1, 0.15) is 0 Å². The van der Waals surface area contributed by atoms with Crippen LogP contribution in [-0.2, 0) is 11.3 Å². The highest BCUT2D eigenvalue weighted by atomic mass is 16.5. The predicted octanol–water partition coefficient (Wildman–Crippen LogP) is 1.09. The second-order valence-electron chi connectivity index (χ2n) is 3.32. The Kier molecular flexibility index (Phi) is 2.29. The third-order valence-electron chi connectivity index (χ3n) is 2.40. The number of aromatic nitrogens is 1. The quantitative estimate of drug-likeness (QED) is 0.757. The smallest absolute Gasteiger partial charge is 0.223 e. The van der Waals surface area contributed by atoms with Gasteiger partial charge < -0.3 is 9.84 Å². The molecule has 4 nitrogen and oxygen atoms in total. The van der Waals surface area contributed by atoms with Crippen LogP contribution in [0.15, 0.2) is 16.8 Å². The third kappa shape index (κ3) is 1.88. The number of nitrogens with zero attached hydrogens (tertiary/aromatic N) is 1. The Balaban J connectivity index is 1.76. The van der Waals surface area contributed by atoms with Crippen LogP contribution < -0.4 is 5.32 Å². The largest absolute Gasteiger partial charge is 0.360 e. The van der Waals surface area contributed by atoms with E-state index in [0.29, 0.717) is 12.3 Å². The van der Waals surface area contributed by atoms with Crippen molar-refractivity contribution in [3.05, 3.63) is 18.0 Å². The lowest BCUT2D eigenvalue weighted by Gasteiger charge is -2.23. The second kappa shape index (κ2) is 3.60. The van der Waals surface area contributed by atoms with E-state index < -0.39 is 0 Å². The number of carbonyl (C=O) groups is 1. The highest BCUT2D eigenvalue weighted by Crippen LogP contribution is 2.26. The zero-order valence-electron chi connectivity index (χ0n) is 7.32. The molecule has 70 valence electrons. The molecule has 1 amide bonds. The van der Waals surface area contributed by atoms with Crippen molar-refractivity contribution in [3.63, 3.8) is 0 Å². The predicted molar refractivity (Wildman–Crippen MR) is 45.7 cm³/mol. The average molecular weight is 180 g/mol. The standard InChI is InChI=1S/C9H12N2O2/c12-9(7-2-1-3-7)10-6-8-4-5-11-13-8/h4-5,7H,1-3,6H2,(H,10,12). The van der Waals surface area contributed by atoms with E-state index in [1.807, 2.05) is 0 Å². The Hall–Kier alpha value is -1.32. The molecule has 1 N–H and O–H groups in total. The summed E-state index contributed by atoms with van der Waals surface area (Å²) in [5, 5.41) is 6.37. The maximum atomic E-state index is 11.3. The van der Waals surface area contributed by atoms with Crippen molar-refractivity contribution in [1.29, 1.82) is 0 Å². The Morgan fingerprint density at radius 3 is 3.08 bits per heavy atom. The summed E-state index contributed by atoms with van der Waals surface area (Å²) < 4.78 is 4.85. The Bertz CT molecular complexity index is 278. The van der Waals surface area contributed by atoms with E-state index in [2.05, 4.69) is 10.5 Å². The van der Waals surface area contributed by atoms with Gasteiger partial charge in [0, 0.05) is 12.0 Å². The van der Waals surface area contributed by atoms with Crippen molar-refractivity contribution < 1.29 is 9.32 Å². The van der Waals surface area contributed by atoms with E-state index in [9.17, 15) is 4.79 Å². The van der Waals surface area contributed by atoms with Gasteiger partial charge in [-0.1, -0.05) is 11.6 Å². The molecule has 13 heavy (non-hydrogen) atoms. The lowest BCUT2D eigenvalue weighted by molar-refractivity contribution is -0.127. The van der Waals surface area contributed by atoms with Crippen LogP contribution in [0.5, 0.6) is 0 Å². The number of rotatable bonds is 3. The summed E-state index contributed by atoms with van der Waals surface area (Å²) in [5.74, 6) is 1.08. The summed E-state index contributed by atoms with van der Waals surface area (Å²) in [6.45, 7) is 0.454. The van der Waals surface area contributed by atoms with E-state index in [4.69, 9.17) is 4.52 Å². The Labute approximate surface area is 76.3 Å². The van der Waals surface area contributed by atoms with Crippen molar-refractivity contribution >= 4 is 5.91 Å². The molecular weight excluding hydrogens is 168 g/mol. The van der Waals surface area contributed by atoms with Gasteiger partial charge in [-0.25, -0.2) is 0 Å². The average Bonchev–Trinajstić information content (AvgIpc) is 2.49. The second-order valence-corrected chi connectivity index (χ2v) is 3.32. The molecule has 1 aromatic rings. The molecule has 1 heterocycles. The summed E-state index contributed by atoms with van der Waals surface area (Å²) in [4.78, 5) is 11.3. The molecule has 1 aliphatic carbocycles. The normalized spacial score (nSPS) is 16.6. The fourth-order valence-electron chi connectivity index (χ4n) is 1.32. The Morgan fingerprint density at radius 1 is 1.69 bits per heavy atom. The van der Waals surface area contributed by atoms with Gasteiger partial charge >= 0.3 is 0 Å². The summed E-state index contributed by atoms with van der Waals surface area (Å²) in [5.41, 5.74) is 0. The van der Waals surface area contributed by atoms with Crippen LogP contribution in [0.3, 0.4) is 0 Å². The molecule has 0 aromatic carbocycles. The maximum absolute atomic E-state index is 11.3. The van der Waals surface area contributed by atoms with E-state index >= 15 is 0 Å². The van der Waals surface area contributed by atoms with Crippen LogP contribution in [0.4, 0.5) is 0 Å². The molecular formula is C9H12N2O2. The number of hydrogen-bond acceptors (Lipinski definition) is 3. The first-order valence-electron chi connectivity index (χ1n) is 4.53. The number of carbonyl (C=O) groups excluding carboxylic acids is 1. The molecule has 0 radical (unpaired) electrons. The minimum atomic E-state index is 0.141. The molecule has 1 aromatic heterocycles. The summed E-state index contributed by atoms with van der Waals surface area (Å²) in [7, 11) is 0. The zero-order valence-corrected chi connectivity index (χ0v) is 7.32. The third-order valence-corrected chi connectivity index (χ3v) is 2.40. The van der Waals surface area contributed by atoms with E-state index in [1.54, 1.807) is 12.3 Å². The summed E-state index contributed by atoms with van der Waals surface area (Å²) in [6.07, 6.45) is 4.82. The fourth-order valence-corrected chi connectivity index (χ4v) is 1.32. The van der Waals surface area contributed by atoms with Gasteiger partial charge in [-0.15, -0.1) is 0 Å². The summed E-state index contributed by atoms with van der Waals surface area (Å²) >= 11 is 0. The zero-order chi connectivity index (χ0) is 9.10. The van der Waals surface area contributed by atoms with Crippen LogP contribution in [0.2, 0.25) is 0 Å². The number of hydrogen-bond donors (Lipinski definition) is 1. The van der Waals surface area contributed by atoms with Crippen molar-refractivity contribution in [2.75, 3.05) is 0 Å². The molecule has 0 bridgehead atoms. The first kappa shape index (κ1) is 8.29. The minimum Gasteiger partial charge on any atom is -0.360 e.